The Morgan fingerprint density at radius 1 is 1.31 bits per heavy atom. The molecule has 1 aliphatic heterocycles. The average molecular weight is 413 g/mol. The van der Waals surface area contributed by atoms with Crippen LogP contribution in [0.5, 0.6) is 5.75 Å². The fourth-order valence-electron chi connectivity index (χ4n) is 2.69. The maximum Gasteiger partial charge on any atom is 0.235 e. The van der Waals surface area contributed by atoms with E-state index in [1.165, 1.54) is 23.1 Å². The molecule has 140 valence electrons. The summed E-state index contributed by atoms with van der Waals surface area (Å²) < 4.78 is 6.58. The Bertz CT molecular complexity index is 691. The number of hydrogen-bond donors (Lipinski definition) is 0. The molecule has 1 saturated heterocycles. The van der Waals surface area contributed by atoms with Gasteiger partial charge in [0.15, 0.2) is 4.34 Å². The Labute approximate surface area is 166 Å². The molecule has 26 heavy (non-hydrogen) atoms. The van der Waals surface area contributed by atoms with E-state index in [-0.39, 0.29) is 11.2 Å². The van der Waals surface area contributed by atoms with E-state index in [1.807, 2.05) is 36.1 Å². The number of rotatable bonds is 7. The minimum atomic E-state index is -0.136. The summed E-state index contributed by atoms with van der Waals surface area (Å²) in [6, 6.07) is 7.39. The summed E-state index contributed by atoms with van der Waals surface area (Å²) in [5.41, 5.74) is 1.68. The average Bonchev–Trinajstić information content (AvgIpc) is 3.16. The standard InChI is InChI=1S/C17H21ClN4O2S2/c1-13(26-17-20-19-12-25-17)16(23)22-8-6-21(7-9-22)10-11-24-15-4-2-14(18)3-5-15/h2-5,12-13H,6-11H2,1H3. The van der Waals surface area contributed by atoms with Crippen molar-refractivity contribution < 1.29 is 9.53 Å². The highest BCUT2D eigenvalue weighted by Crippen LogP contribution is 2.25. The zero-order valence-electron chi connectivity index (χ0n) is 14.5. The second-order valence-electron chi connectivity index (χ2n) is 5.93. The Hall–Kier alpha value is -1.35. The first kappa shape index (κ1) is 19.4. The Morgan fingerprint density at radius 2 is 2.04 bits per heavy atom. The number of thioether (sulfide) groups is 1. The van der Waals surface area contributed by atoms with Crippen LogP contribution in [0.1, 0.15) is 6.92 Å². The van der Waals surface area contributed by atoms with Crippen LogP contribution >= 0.6 is 34.7 Å². The molecule has 1 unspecified atom stereocenters. The zero-order chi connectivity index (χ0) is 18.4. The Balaban J connectivity index is 1.36. The topological polar surface area (TPSA) is 58.6 Å². The minimum absolute atomic E-state index is 0.136. The predicted octanol–water partition coefficient (Wildman–Crippen LogP) is 2.90. The summed E-state index contributed by atoms with van der Waals surface area (Å²) in [6.07, 6.45) is 0. The Kier molecular flexibility index (Phi) is 7.13. The summed E-state index contributed by atoms with van der Waals surface area (Å²) >= 11 is 8.81. The van der Waals surface area contributed by atoms with Crippen LogP contribution in [0, 0.1) is 0 Å². The molecule has 1 atom stereocenters. The lowest BCUT2D eigenvalue weighted by Crippen LogP contribution is -2.51. The predicted molar refractivity (Wildman–Crippen MR) is 105 cm³/mol. The quantitative estimate of drug-likeness (QED) is 0.652. The summed E-state index contributed by atoms with van der Waals surface area (Å²) in [6.45, 7) is 6.64. The first-order chi connectivity index (χ1) is 12.6. The molecular formula is C17H21ClN4O2S2. The van der Waals surface area contributed by atoms with Gasteiger partial charge in [-0.1, -0.05) is 34.7 Å². The van der Waals surface area contributed by atoms with Crippen molar-refractivity contribution in [2.45, 2.75) is 16.5 Å². The van der Waals surface area contributed by atoms with E-state index in [2.05, 4.69) is 15.1 Å². The number of halogens is 1. The number of carbonyl (C=O) groups is 1. The van der Waals surface area contributed by atoms with Crippen LogP contribution in [0.2, 0.25) is 5.02 Å². The lowest BCUT2D eigenvalue weighted by Gasteiger charge is -2.35. The maximum absolute atomic E-state index is 12.6. The van der Waals surface area contributed by atoms with Crippen molar-refractivity contribution >= 4 is 40.6 Å². The van der Waals surface area contributed by atoms with Gasteiger partial charge in [-0.2, -0.15) is 0 Å². The van der Waals surface area contributed by atoms with Crippen molar-refractivity contribution in [3.8, 4) is 5.75 Å². The van der Waals surface area contributed by atoms with Gasteiger partial charge in [0.05, 0.1) is 5.25 Å². The van der Waals surface area contributed by atoms with Crippen LogP contribution in [0.15, 0.2) is 34.1 Å². The molecule has 6 nitrogen and oxygen atoms in total. The molecule has 2 heterocycles. The highest BCUT2D eigenvalue weighted by Gasteiger charge is 2.26. The zero-order valence-corrected chi connectivity index (χ0v) is 16.9. The SMILES string of the molecule is CC(Sc1nncs1)C(=O)N1CCN(CCOc2ccc(Cl)cc2)CC1. The summed E-state index contributed by atoms with van der Waals surface area (Å²) in [4.78, 5) is 16.8. The van der Waals surface area contributed by atoms with E-state index >= 15 is 0 Å². The molecule has 0 saturated carbocycles. The smallest absolute Gasteiger partial charge is 0.235 e. The van der Waals surface area contributed by atoms with E-state index < -0.39 is 0 Å². The third kappa shape index (κ3) is 5.57. The first-order valence-corrected chi connectivity index (χ1v) is 10.6. The van der Waals surface area contributed by atoms with Crippen LogP contribution in [0.25, 0.3) is 0 Å². The molecule has 0 N–H and O–H groups in total. The number of hydrogen-bond acceptors (Lipinski definition) is 7. The summed E-state index contributed by atoms with van der Waals surface area (Å²) in [5, 5.41) is 8.37. The number of aromatic nitrogens is 2. The molecule has 1 amide bonds. The summed E-state index contributed by atoms with van der Waals surface area (Å²) in [7, 11) is 0. The molecule has 1 aromatic carbocycles. The van der Waals surface area contributed by atoms with Crippen molar-refractivity contribution in [3.05, 3.63) is 34.8 Å². The third-order valence-electron chi connectivity index (χ3n) is 4.14. The molecule has 0 bridgehead atoms. The lowest BCUT2D eigenvalue weighted by atomic mass is 10.3. The normalized spacial score (nSPS) is 16.5. The summed E-state index contributed by atoms with van der Waals surface area (Å²) in [5.74, 6) is 0.994. The van der Waals surface area contributed by atoms with E-state index in [4.69, 9.17) is 16.3 Å². The molecule has 1 aliphatic rings. The molecule has 0 aliphatic carbocycles. The molecule has 1 fully saturated rings. The van der Waals surface area contributed by atoms with Gasteiger partial charge in [0, 0.05) is 37.7 Å². The van der Waals surface area contributed by atoms with E-state index in [1.54, 1.807) is 5.51 Å². The van der Waals surface area contributed by atoms with Crippen LogP contribution in [0.3, 0.4) is 0 Å². The van der Waals surface area contributed by atoms with Crippen molar-refractivity contribution in [2.24, 2.45) is 0 Å². The molecular weight excluding hydrogens is 392 g/mol. The minimum Gasteiger partial charge on any atom is -0.492 e. The van der Waals surface area contributed by atoms with Gasteiger partial charge in [0.2, 0.25) is 5.91 Å². The third-order valence-corrected chi connectivity index (χ3v) is 6.29. The highest BCUT2D eigenvalue weighted by atomic mass is 35.5. The van der Waals surface area contributed by atoms with Gasteiger partial charge in [-0.25, -0.2) is 0 Å². The maximum atomic E-state index is 12.6. The van der Waals surface area contributed by atoms with Gasteiger partial charge in [-0.3, -0.25) is 9.69 Å². The van der Waals surface area contributed by atoms with Gasteiger partial charge >= 0.3 is 0 Å². The number of carbonyl (C=O) groups excluding carboxylic acids is 1. The van der Waals surface area contributed by atoms with Crippen LogP contribution in [-0.4, -0.2) is 70.5 Å². The number of piperazine rings is 1. The largest absolute Gasteiger partial charge is 0.492 e. The second-order valence-corrected chi connectivity index (χ2v) is 8.79. The fraction of sp³-hybridized carbons (Fsp3) is 0.471. The van der Waals surface area contributed by atoms with Crippen LogP contribution in [-0.2, 0) is 4.79 Å². The number of ether oxygens (including phenoxy) is 1. The molecule has 0 radical (unpaired) electrons. The van der Waals surface area contributed by atoms with E-state index in [0.717, 1.165) is 42.8 Å². The number of nitrogens with zero attached hydrogens (tertiary/aromatic N) is 4. The van der Waals surface area contributed by atoms with Crippen molar-refractivity contribution in [2.75, 3.05) is 39.3 Å². The molecule has 9 heteroatoms. The molecule has 0 spiro atoms. The van der Waals surface area contributed by atoms with E-state index in [0.29, 0.717) is 11.6 Å². The van der Waals surface area contributed by atoms with Crippen LogP contribution in [0.4, 0.5) is 0 Å². The molecule has 3 rings (SSSR count). The van der Waals surface area contributed by atoms with E-state index in [9.17, 15) is 4.79 Å². The van der Waals surface area contributed by atoms with Gasteiger partial charge < -0.3 is 9.64 Å². The first-order valence-electron chi connectivity index (χ1n) is 8.44. The van der Waals surface area contributed by atoms with Crippen molar-refractivity contribution in [1.29, 1.82) is 0 Å². The van der Waals surface area contributed by atoms with Crippen LogP contribution < -0.4 is 4.74 Å². The van der Waals surface area contributed by atoms with Gasteiger partial charge in [0.1, 0.15) is 17.9 Å². The number of benzene rings is 1. The van der Waals surface area contributed by atoms with Crippen molar-refractivity contribution in [3.63, 3.8) is 0 Å². The number of amides is 1. The van der Waals surface area contributed by atoms with Gasteiger partial charge in [0.25, 0.3) is 0 Å². The second kappa shape index (κ2) is 9.55. The monoisotopic (exact) mass is 412 g/mol. The van der Waals surface area contributed by atoms with Gasteiger partial charge in [-0.05, 0) is 31.2 Å². The molecule has 1 aromatic heterocycles. The lowest BCUT2D eigenvalue weighted by molar-refractivity contribution is -0.132. The van der Waals surface area contributed by atoms with Gasteiger partial charge in [-0.15, -0.1) is 10.2 Å². The van der Waals surface area contributed by atoms with Crippen molar-refractivity contribution in [1.82, 2.24) is 20.0 Å². The Morgan fingerprint density at radius 3 is 2.69 bits per heavy atom. The fourth-order valence-corrected chi connectivity index (χ4v) is 4.52. The highest BCUT2D eigenvalue weighted by molar-refractivity contribution is 8.02. The molecule has 2 aromatic rings.